The quantitative estimate of drug-likeness (QED) is 0.260. The number of amides is 2. The van der Waals surface area contributed by atoms with Crippen molar-refractivity contribution in [3.63, 3.8) is 0 Å². The standard InChI is InChI=1S/C27H29N3O5S/c31-22(18-35-24-12-10-23(11-13-24)34-17-20-4-2-1-3-5-20)16-28-15-14-19-6-8-21(9-7-19)29-26-25(32)30-27(33)36-26/h1-13,22,26,28-29,31H,14-18H2,(H,30,32,33). The first kappa shape index (κ1) is 25.6. The summed E-state index contributed by atoms with van der Waals surface area (Å²) in [4.78, 5) is 22.9. The zero-order chi connectivity index (χ0) is 25.2. The van der Waals surface area contributed by atoms with E-state index in [2.05, 4.69) is 16.0 Å². The fraction of sp³-hybridized carbons (Fsp3) is 0.259. The Hall–Kier alpha value is -3.53. The third kappa shape index (κ3) is 8.01. The summed E-state index contributed by atoms with van der Waals surface area (Å²) in [6.07, 6.45) is 0.151. The van der Waals surface area contributed by atoms with Crippen molar-refractivity contribution in [1.82, 2.24) is 10.6 Å². The minimum atomic E-state index is -0.636. The highest BCUT2D eigenvalue weighted by atomic mass is 32.2. The van der Waals surface area contributed by atoms with Gasteiger partial charge in [-0.2, -0.15) is 0 Å². The van der Waals surface area contributed by atoms with Crippen LogP contribution in [0.25, 0.3) is 0 Å². The summed E-state index contributed by atoms with van der Waals surface area (Å²) in [6.45, 7) is 1.81. The van der Waals surface area contributed by atoms with Crippen molar-refractivity contribution < 1.29 is 24.2 Å². The highest BCUT2D eigenvalue weighted by Gasteiger charge is 2.31. The maximum absolute atomic E-state index is 11.6. The maximum Gasteiger partial charge on any atom is 0.288 e. The van der Waals surface area contributed by atoms with Gasteiger partial charge in [-0.3, -0.25) is 14.9 Å². The van der Waals surface area contributed by atoms with Crippen LogP contribution >= 0.6 is 11.8 Å². The molecule has 1 saturated heterocycles. The van der Waals surface area contributed by atoms with Crippen LogP contribution in [0.1, 0.15) is 11.1 Å². The molecule has 4 rings (SSSR count). The zero-order valence-electron chi connectivity index (χ0n) is 19.7. The average Bonchev–Trinajstić information content (AvgIpc) is 3.22. The molecule has 4 N–H and O–H groups in total. The van der Waals surface area contributed by atoms with E-state index < -0.39 is 11.5 Å². The van der Waals surface area contributed by atoms with Crippen molar-refractivity contribution in [2.24, 2.45) is 0 Å². The Morgan fingerprint density at radius 2 is 1.58 bits per heavy atom. The molecule has 0 spiro atoms. The minimum absolute atomic E-state index is 0.187. The Morgan fingerprint density at radius 1 is 0.889 bits per heavy atom. The van der Waals surface area contributed by atoms with Crippen LogP contribution in [-0.2, 0) is 17.8 Å². The molecule has 3 aromatic rings. The fourth-order valence-electron chi connectivity index (χ4n) is 3.50. The van der Waals surface area contributed by atoms with Crippen LogP contribution < -0.4 is 25.4 Å². The molecule has 0 radical (unpaired) electrons. The van der Waals surface area contributed by atoms with Gasteiger partial charge in [-0.25, -0.2) is 0 Å². The van der Waals surface area contributed by atoms with Gasteiger partial charge in [0.25, 0.3) is 11.1 Å². The molecule has 1 aliphatic rings. The van der Waals surface area contributed by atoms with Crippen LogP contribution in [0.2, 0.25) is 0 Å². The summed E-state index contributed by atoms with van der Waals surface area (Å²) in [6, 6.07) is 25.0. The Bertz CT molecular complexity index is 1130. The largest absolute Gasteiger partial charge is 0.491 e. The van der Waals surface area contributed by atoms with E-state index in [1.165, 1.54) is 0 Å². The molecule has 2 unspecified atom stereocenters. The van der Waals surface area contributed by atoms with Crippen molar-refractivity contribution in [2.75, 3.05) is 25.0 Å². The number of hydrogen-bond acceptors (Lipinski definition) is 8. The molecule has 1 aliphatic heterocycles. The molecule has 36 heavy (non-hydrogen) atoms. The molecule has 9 heteroatoms. The lowest BCUT2D eigenvalue weighted by molar-refractivity contribution is -0.118. The second-order valence-electron chi connectivity index (χ2n) is 8.28. The van der Waals surface area contributed by atoms with Crippen molar-refractivity contribution in [1.29, 1.82) is 0 Å². The van der Waals surface area contributed by atoms with E-state index in [1.54, 1.807) is 0 Å². The SMILES string of the molecule is O=C1NC(=O)C(Nc2ccc(CCNCC(O)COc3ccc(OCc4ccccc4)cc3)cc2)S1. The number of ether oxygens (including phenoxy) is 2. The number of nitrogens with one attached hydrogen (secondary N) is 3. The molecule has 2 atom stereocenters. The van der Waals surface area contributed by atoms with Crippen LogP contribution in [0.4, 0.5) is 10.5 Å². The van der Waals surface area contributed by atoms with Gasteiger partial charge < -0.3 is 25.2 Å². The molecule has 0 aromatic heterocycles. The van der Waals surface area contributed by atoms with Crippen LogP contribution in [0.5, 0.6) is 11.5 Å². The summed E-state index contributed by atoms with van der Waals surface area (Å²) >= 11 is 0.936. The molecule has 0 aliphatic carbocycles. The van der Waals surface area contributed by atoms with Gasteiger partial charge >= 0.3 is 0 Å². The number of thioether (sulfide) groups is 1. The number of aliphatic hydroxyl groups excluding tert-OH is 1. The number of imide groups is 1. The van der Waals surface area contributed by atoms with Gasteiger partial charge in [-0.05, 0) is 72.3 Å². The molecular weight excluding hydrogens is 478 g/mol. The molecule has 0 saturated carbocycles. The Balaban J connectivity index is 1.09. The number of rotatable bonds is 13. The van der Waals surface area contributed by atoms with Crippen LogP contribution in [0.15, 0.2) is 78.9 Å². The topological polar surface area (TPSA) is 109 Å². The van der Waals surface area contributed by atoms with Crippen molar-refractivity contribution in [2.45, 2.75) is 24.5 Å². The second kappa shape index (κ2) is 13.0. The zero-order valence-corrected chi connectivity index (χ0v) is 20.5. The third-order valence-corrected chi connectivity index (χ3v) is 6.31. The molecule has 188 valence electrons. The first-order valence-corrected chi connectivity index (χ1v) is 12.6. The number of benzene rings is 3. The highest BCUT2D eigenvalue weighted by molar-refractivity contribution is 8.15. The van der Waals surface area contributed by atoms with Gasteiger partial charge in [-0.1, -0.05) is 42.5 Å². The number of hydrogen-bond donors (Lipinski definition) is 4. The Morgan fingerprint density at radius 3 is 2.25 bits per heavy atom. The molecule has 1 heterocycles. The van der Waals surface area contributed by atoms with E-state index in [1.807, 2.05) is 78.9 Å². The predicted molar refractivity (Wildman–Crippen MR) is 140 cm³/mol. The molecule has 0 bridgehead atoms. The lowest BCUT2D eigenvalue weighted by Crippen LogP contribution is -2.32. The Labute approximate surface area is 214 Å². The van der Waals surface area contributed by atoms with E-state index in [9.17, 15) is 14.7 Å². The van der Waals surface area contributed by atoms with Gasteiger partial charge in [0, 0.05) is 12.2 Å². The van der Waals surface area contributed by atoms with Crippen LogP contribution in [-0.4, -0.2) is 47.4 Å². The second-order valence-corrected chi connectivity index (χ2v) is 9.36. The molecule has 3 aromatic carbocycles. The number of aliphatic hydroxyl groups is 1. The van der Waals surface area contributed by atoms with Gasteiger partial charge in [-0.15, -0.1) is 0 Å². The average molecular weight is 508 g/mol. The normalized spacial score (nSPS) is 15.9. The molecule has 8 nitrogen and oxygen atoms in total. The number of anilines is 1. The van der Waals surface area contributed by atoms with E-state index in [-0.39, 0.29) is 17.8 Å². The molecular formula is C27H29N3O5S. The van der Waals surface area contributed by atoms with Crippen molar-refractivity contribution in [3.05, 3.63) is 90.0 Å². The predicted octanol–water partition coefficient (Wildman–Crippen LogP) is 3.56. The van der Waals surface area contributed by atoms with Gasteiger partial charge in [0.15, 0.2) is 5.37 Å². The molecule has 2 amide bonds. The lowest BCUT2D eigenvalue weighted by atomic mass is 10.1. The van der Waals surface area contributed by atoms with E-state index in [0.29, 0.717) is 25.4 Å². The van der Waals surface area contributed by atoms with E-state index in [0.717, 1.165) is 40.7 Å². The number of carbonyl (C=O) groups is 2. The first-order valence-electron chi connectivity index (χ1n) is 11.7. The Kier molecular flexibility index (Phi) is 9.21. The molecule has 1 fully saturated rings. The van der Waals surface area contributed by atoms with Gasteiger partial charge in [0.1, 0.15) is 30.8 Å². The van der Waals surface area contributed by atoms with Gasteiger partial charge in [0.2, 0.25) is 0 Å². The van der Waals surface area contributed by atoms with Crippen LogP contribution in [0, 0.1) is 0 Å². The summed E-state index contributed by atoms with van der Waals surface area (Å²) in [5.74, 6) is 1.11. The van der Waals surface area contributed by atoms with Gasteiger partial charge in [0.05, 0.1) is 0 Å². The summed E-state index contributed by atoms with van der Waals surface area (Å²) in [5.41, 5.74) is 3.00. The summed E-state index contributed by atoms with van der Waals surface area (Å²) in [5, 5.41) is 17.8. The monoisotopic (exact) mass is 507 g/mol. The lowest BCUT2D eigenvalue weighted by Gasteiger charge is -2.14. The smallest absolute Gasteiger partial charge is 0.288 e. The van der Waals surface area contributed by atoms with E-state index in [4.69, 9.17) is 9.47 Å². The first-order chi connectivity index (χ1) is 17.5. The highest BCUT2D eigenvalue weighted by Crippen LogP contribution is 2.22. The maximum atomic E-state index is 11.6. The minimum Gasteiger partial charge on any atom is -0.491 e. The van der Waals surface area contributed by atoms with E-state index >= 15 is 0 Å². The number of carbonyl (C=O) groups excluding carboxylic acids is 2. The fourth-order valence-corrected chi connectivity index (χ4v) is 4.23. The summed E-state index contributed by atoms with van der Waals surface area (Å²) < 4.78 is 11.5. The van der Waals surface area contributed by atoms with Crippen molar-refractivity contribution >= 4 is 28.6 Å². The van der Waals surface area contributed by atoms with Crippen molar-refractivity contribution in [3.8, 4) is 11.5 Å². The third-order valence-electron chi connectivity index (χ3n) is 5.42. The van der Waals surface area contributed by atoms with Crippen LogP contribution in [0.3, 0.4) is 0 Å². The summed E-state index contributed by atoms with van der Waals surface area (Å²) in [7, 11) is 0.